The van der Waals surface area contributed by atoms with Crippen LogP contribution in [0.1, 0.15) is 37.8 Å². The molecule has 0 spiro atoms. The molecule has 4 rings (SSSR count). The number of hydrogen-bond donors (Lipinski definition) is 0. The fraction of sp³-hybridized carbons (Fsp3) is 0.773. The number of aromatic nitrogens is 1. The molecular weight excluding hydrogens is 398 g/mol. The van der Waals surface area contributed by atoms with Crippen molar-refractivity contribution < 1.29 is 9.59 Å². The Bertz CT molecular complexity index is 764. The minimum atomic E-state index is 0.108. The second-order valence-electron chi connectivity index (χ2n) is 9.32. The van der Waals surface area contributed by atoms with Gasteiger partial charge in [0.05, 0.1) is 5.69 Å². The molecule has 3 heterocycles. The molecule has 3 aliphatic rings. The van der Waals surface area contributed by atoms with Crippen LogP contribution in [-0.4, -0.2) is 90.4 Å². The fourth-order valence-electron chi connectivity index (χ4n) is 4.85. The highest BCUT2D eigenvalue weighted by Gasteiger charge is 2.33. The summed E-state index contributed by atoms with van der Waals surface area (Å²) in [7, 11) is 0. The second-order valence-corrected chi connectivity index (χ2v) is 10.4. The van der Waals surface area contributed by atoms with Gasteiger partial charge in [0, 0.05) is 76.6 Å². The maximum atomic E-state index is 13.1. The Morgan fingerprint density at radius 2 is 1.70 bits per heavy atom. The molecule has 30 heavy (non-hydrogen) atoms. The van der Waals surface area contributed by atoms with E-state index >= 15 is 0 Å². The molecule has 0 aromatic carbocycles. The van der Waals surface area contributed by atoms with Gasteiger partial charge in [0.1, 0.15) is 0 Å². The van der Waals surface area contributed by atoms with Crippen molar-refractivity contribution >= 4 is 28.3 Å². The number of carbonyl (C=O) groups excluding carboxylic acids is 2. The molecule has 1 atom stereocenters. The lowest BCUT2D eigenvalue weighted by Gasteiger charge is -2.37. The number of anilines is 1. The summed E-state index contributed by atoms with van der Waals surface area (Å²) < 4.78 is 0. The van der Waals surface area contributed by atoms with E-state index in [0.717, 1.165) is 83.3 Å². The van der Waals surface area contributed by atoms with Crippen molar-refractivity contribution in [1.82, 2.24) is 19.7 Å². The molecule has 8 heteroatoms. The molecule has 0 N–H and O–H groups in total. The monoisotopic (exact) mass is 433 g/mol. The van der Waals surface area contributed by atoms with Crippen LogP contribution >= 0.6 is 11.3 Å². The maximum Gasteiger partial charge on any atom is 0.226 e. The summed E-state index contributed by atoms with van der Waals surface area (Å²) in [6, 6.07) is 0. The number of hydrogen-bond acceptors (Lipinski definition) is 6. The van der Waals surface area contributed by atoms with Gasteiger partial charge in [-0.25, -0.2) is 4.98 Å². The molecule has 2 saturated heterocycles. The van der Waals surface area contributed by atoms with Gasteiger partial charge in [-0.2, -0.15) is 0 Å². The zero-order chi connectivity index (χ0) is 21.3. The lowest BCUT2D eigenvalue weighted by Crippen LogP contribution is -2.51. The molecule has 2 aliphatic heterocycles. The van der Waals surface area contributed by atoms with Crippen LogP contribution in [0, 0.1) is 11.8 Å². The highest BCUT2D eigenvalue weighted by molar-refractivity contribution is 7.15. The first kappa shape index (κ1) is 21.6. The van der Waals surface area contributed by atoms with Crippen LogP contribution in [-0.2, 0) is 22.4 Å². The van der Waals surface area contributed by atoms with Gasteiger partial charge in [-0.15, -0.1) is 11.3 Å². The summed E-state index contributed by atoms with van der Waals surface area (Å²) in [4.78, 5) is 39.7. The Balaban J connectivity index is 1.32. The minimum absolute atomic E-state index is 0.108. The number of carbonyl (C=O) groups is 2. The summed E-state index contributed by atoms with van der Waals surface area (Å²) in [6.07, 6.45) is 2.66. The third-order valence-electron chi connectivity index (χ3n) is 6.58. The Labute approximate surface area is 184 Å². The Morgan fingerprint density at radius 3 is 2.33 bits per heavy atom. The molecule has 1 aromatic rings. The number of amides is 2. The quantitative estimate of drug-likeness (QED) is 0.724. The molecule has 0 unspecified atom stereocenters. The Morgan fingerprint density at radius 1 is 1.03 bits per heavy atom. The van der Waals surface area contributed by atoms with Crippen molar-refractivity contribution in [3.8, 4) is 0 Å². The summed E-state index contributed by atoms with van der Waals surface area (Å²) in [6.45, 7) is 14.2. The zero-order valence-electron chi connectivity index (χ0n) is 18.6. The zero-order valence-corrected chi connectivity index (χ0v) is 19.4. The Kier molecular flexibility index (Phi) is 6.63. The van der Waals surface area contributed by atoms with Crippen LogP contribution < -0.4 is 4.90 Å². The van der Waals surface area contributed by atoms with Gasteiger partial charge in [0.2, 0.25) is 11.8 Å². The third-order valence-corrected chi connectivity index (χ3v) is 7.76. The summed E-state index contributed by atoms with van der Waals surface area (Å²) in [5.41, 5.74) is 1.19. The largest absolute Gasteiger partial charge is 0.345 e. The van der Waals surface area contributed by atoms with Gasteiger partial charge < -0.3 is 14.7 Å². The standard InChI is InChI=1S/C22H35N5O2S/c1-16(2)15-24-6-8-26(9-7-24)21(29)18-4-5-19-20(14-18)30-22(23-19)27-12-10-25(11-13-27)17(3)28/h16,18H,4-15H2,1-3H3/t18-/m1/s1. The lowest BCUT2D eigenvalue weighted by atomic mass is 9.90. The van der Waals surface area contributed by atoms with E-state index in [9.17, 15) is 9.59 Å². The van der Waals surface area contributed by atoms with Gasteiger partial charge in [-0.05, 0) is 25.2 Å². The highest BCUT2D eigenvalue weighted by atomic mass is 32.1. The van der Waals surface area contributed by atoms with Gasteiger partial charge in [-0.1, -0.05) is 13.8 Å². The number of fused-ring (bicyclic) bond motifs is 1. The van der Waals surface area contributed by atoms with Crippen molar-refractivity contribution in [2.75, 3.05) is 63.8 Å². The summed E-state index contributed by atoms with van der Waals surface area (Å²) in [5.74, 6) is 1.28. The van der Waals surface area contributed by atoms with Crippen molar-refractivity contribution in [3.63, 3.8) is 0 Å². The average molecular weight is 434 g/mol. The molecule has 1 aliphatic carbocycles. The summed E-state index contributed by atoms with van der Waals surface area (Å²) >= 11 is 1.76. The number of nitrogens with zero attached hydrogens (tertiary/aromatic N) is 5. The predicted octanol–water partition coefficient (Wildman–Crippen LogP) is 1.72. The first-order valence-electron chi connectivity index (χ1n) is 11.4. The molecule has 0 bridgehead atoms. The molecule has 0 radical (unpaired) electrons. The van der Waals surface area contributed by atoms with Crippen LogP contribution in [0.15, 0.2) is 0 Å². The predicted molar refractivity (Wildman–Crippen MR) is 120 cm³/mol. The van der Waals surface area contributed by atoms with Gasteiger partial charge in [-0.3, -0.25) is 14.5 Å². The molecule has 2 fully saturated rings. The van der Waals surface area contributed by atoms with E-state index in [1.54, 1.807) is 18.3 Å². The molecular formula is C22H35N5O2S. The molecule has 7 nitrogen and oxygen atoms in total. The van der Waals surface area contributed by atoms with Crippen LogP contribution in [0.5, 0.6) is 0 Å². The van der Waals surface area contributed by atoms with Crippen LogP contribution in [0.25, 0.3) is 0 Å². The summed E-state index contributed by atoms with van der Waals surface area (Å²) in [5, 5.41) is 1.07. The number of thiazole rings is 1. The minimum Gasteiger partial charge on any atom is -0.345 e. The van der Waals surface area contributed by atoms with E-state index in [2.05, 4.69) is 28.5 Å². The maximum absolute atomic E-state index is 13.1. The van der Waals surface area contributed by atoms with Crippen LogP contribution in [0.4, 0.5) is 5.13 Å². The highest BCUT2D eigenvalue weighted by Crippen LogP contribution is 2.35. The average Bonchev–Trinajstić information content (AvgIpc) is 3.17. The molecule has 1 aromatic heterocycles. The van der Waals surface area contributed by atoms with E-state index in [4.69, 9.17) is 4.98 Å². The molecule has 2 amide bonds. The normalized spacial score (nSPS) is 23.1. The molecule has 0 saturated carbocycles. The second kappa shape index (κ2) is 9.22. The smallest absolute Gasteiger partial charge is 0.226 e. The first-order valence-corrected chi connectivity index (χ1v) is 12.2. The fourth-order valence-corrected chi connectivity index (χ4v) is 6.08. The number of rotatable bonds is 4. The van der Waals surface area contributed by atoms with Crippen molar-refractivity contribution in [1.29, 1.82) is 0 Å². The SMILES string of the molecule is CC(=O)N1CCN(c2nc3c(s2)C[C@H](C(=O)N2CCN(CC(C)C)CC2)CC3)CC1. The van der Waals surface area contributed by atoms with E-state index in [1.165, 1.54) is 10.6 Å². The first-order chi connectivity index (χ1) is 14.4. The molecule has 166 valence electrons. The van der Waals surface area contributed by atoms with E-state index < -0.39 is 0 Å². The topological polar surface area (TPSA) is 60.0 Å². The Hall–Kier alpha value is -1.67. The lowest BCUT2D eigenvalue weighted by molar-refractivity contribution is -0.137. The number of piperazine rings is 2. The van der Waals surface area contributed by atoms with E-state index in [1.807, 2.05) is 4.90 Å². The van der Waals surface area contributed by atoms with Gasteiger partial charge in [0.15, 0.2) is 5.13 Å². The van der Waals surface area contributed by atoms with Crippen LogP contribution in [0.3, 0.4) is 0 Å². The van der Waals surface area contributed by atoms with Crippen LogP contribution in [0.2, 0.25) is 0 Å². The van der Waals surface area contributed by atoms with E-state index in [0.29, 0.717) is 11.8 Å². The number of aryl methyl sites for hydroxylation is 1. The van der Waals surface area contributed by atoms with Gasteiger partial charge in [0.25, 0.3) is 0 Å². The van der Waals surface area contributed by atoms with E-state index in [-0.39, 0.29) is 11.8 Å². The van der Waals surface area contributed by atoms with Crippen molar-refractivity contribution in [3.05, 3.63) is 10.6 Å². The van der Waals surface area contributed by atoms with Gasteiger partial charge >= 0.3 is 0 Å². The van der Waals surface area contributed by atoms with Crippen molar-refractivity contribution in [2.24, 2.45) is 11.8 Å². The third kappa shape index (κ3) is 4.80. The van der Waals surface area contributed by atoms with Crippen molar-refractivity contribution in [2.45, 2.75) is 40.0 Å².